The van der Waals surface area contributed by atoms with Crippen molar-refractivity contribution >= 4 is 23.2 Å². The topological polar surface area (TPSA) is 37.3 Å². The van der Waals surface area contributed by atoms with Gasteiger partial charge in [-0.15, -0.1) is 11.3 Å². The fourth-order valence-corrected chi connectivity index (χ4v) is 1.93. The highest BCUT2D eigenvalue weighted by Crippen LogP contribution is 2.17. The minimum absolute atomic E-state index is 0.0170. The molecule has 2 nitrogen and oxygen atoms in total. The molecular weight excluding hydrogens is 220 g/mol. The predicted molar refractivity (Wildman–Crippen MR) is 65.8 cm³/mol. The van der Waals surface area contributed by atoms with E-state index in [-0.39, 0.29) is 11.5 Å². The molecule has 16 heavy (non-hydrogen) atoms. The average molecular weight is 230 g/mol. The molecule has 2 aromatic rings. The molecule has 80 valence electrons. The second kappa shape index (κ2) is 4.77. The van der Waals surface area contributed by atoms with Crippen LogP contribution in [0.3, 0.4) is 0 Å². The number of hydrogen-bond donors (Lipinski definition) is 1. The first kappa shape index (κ1) is 10.6. The molecule has 1 N–H and O–H groups in total. The minimum Gasteiger partial charge on any atom is -0.507 e. The van der Waals surface area contributed by atoms with E-state index in [2.05, 4.69) is 0 Å². The second-order valence-electron chi connectivity index (χ2n) is 3.23. The highest BCUT2D eigenvalue weighted by atomic mass is 32.1. The molecule has 0 fully saturated rings. The van der Waals surface area contributed by atoms with Gasteiger partial charge in [0.1, 0.15) is 5.75 Å². The smallest absolute Gasteiger partial charge is 0.189 e. The number of allylic oxidation sites excluding steroid dienone is 1. The summed E-state index contributed by atoms with van der Waals surface area (Å²) < 4.78 is 0. The number of aromatic hydroxyl groups is 1. The van der Waals surface area contributed by atoms with Crippen molar-refractivity contribution in [3.63, 3.8) is 0 Å². The Morgan fingerprint density at radius 2 is 2.00 bits per heavy atom. The number of phenolic OH excluding ortho intramolecular Hbond substituents is 1. The number of ketones is 1. The van der Waals surface area contributed by atoms with Crippen molar-refractivity contribution in [1.82, 2.24) is 0 Å². The van der Waals surface area contributed by atoms with Crippen LogP contribution in [0, 0.1) is 0 Å². The third kappa shape index (κ3) is 2.38. The Balaban J connectivity index is 2.18. The average Bonchev–Trinajstić information content (AvgIpc) is 2.79. The zero-order valence-electron chi connectivity index (χ0n) is 8.46. The molecule has 3 heteroatoms. The number of hydrogen-bond acceptors (Lipinski definition) is 3. The maximum absolute atomic E-state index is 11.7. The van der Waals surface area contributed by atoms with Crippen LogP contribution >= 0.6 is 11.3 Å². The maximum Gasteiger partial charge on any atom is 0.189 e. The third-order valence-corrected chi connectivity index (χ3v) is 2.95. The first-order chi connectivity index (χ1) is 7.77. The third-order valence-electron chi connectivity index (χ3n) is 2.11. The summed E-state index contributed by atoms with van der Waals surface area (Å²) in [5.41, 5.74) is 0.329. The van der Waals surface area contributed by atoms with E-state index in [9.17, 15) is 9.90 Å². The molecule has 0 spiro atoms. The van der Waals surface area contributed by atoms with Crippen molar-refractivity contribution in [2.45, 2.75) is 0 Å². The van der Waals surface area contributed by atoms with Crippen LogP contribution in [0.2, 0.25) is 0 Å². The van der Waals surface area contributed by atoms with Crippen LogP contribution < -0.4 is 0 Å². The van der Waals surface area contributed by atoms with Gasteiger partial charge in [-0.2, -0.15) is 0 Å². The molecule has 0 saturated carbocycles. The first-order valence-electron chi connectivity index (χ1n) is 4.81. The fourth-order valence-electron chi connectivity index (χ4n) is 1.32. The van der Waals surface area contributed by atoms with E-state index in [0.29, 0.717) is 5.56 Å². The standard InChI is InChI=1S/C13H10O2S/c14-12-6-2-1-5-11(12)13(15)8-7-10-4-3-9-16-10/h1-9,14H/b8-7-. The number of carbonyl (C=O) groups is 1. The lowest BCUT2D eigenvalue weighted by molar-refractivity contribution is 0.104. The van der Waals surface area contributed by atoms with Gasteiger partial charge in [-0.05, 0) is 35.7 Å². The van der Waals surface area contributed by atoms with E-state index in [4.69, 9.17) is 0 Å². The molecular formula is C13H10O2S. The molecule has 0 aliphatic heterocycles. The Bertz CT molecular complexity index is 512. The Kier molecular flexibility index (Phi) is 3.17. The highest BCUT2D eigenvalue weighted by molar-refractivity contribution is 7.10. The summed E-state index contributed by atoms with van der Waals surface area (Å²) in [5.74, 6) is -0.171. The largest absolute Gasteiger partial charge is 0.507 e. The molecule has 0 aliphatic rings. The molecule has 0 amide bonds. The van der Waals surface area contributed by atoms with Crippen LogP contribution in [0.1, 0.15) is 15.2 Å². The van der Waals surface area contributed by atoms with Gasteiger partial charge in [0.05, 0.1) is 5.56 Å². The first-order valence-corrected chi connectivity index (χ1v) is 5.69. The van der Waals surface area contributed by atoms with Gasteiger partial charge in [-0.25, -0.2) is 0 Å². The Hall–Kier alpha value is -1.87. The Labute approximate surface area is 97.5 Å². The van der Waals surface area contributed by atoms with E-state index in [1.807, 2.05) is 17.5 Å². The monoisotopic (exact) mass is 230 g/mol. The summed E-state index contributed by atoms with van der Waals surface area (Å²) in [7, 11) is 0. The SMILES string of the molecule is O=C(/C=C\c1cccs1)c1ccccc1O. The summed E-state index contributed by atoms with van der Waals surface area (Å²) >= 11 is 1.56. The molecule has 0 aliphatic carbocycles. The summed E-state index contributed by atoms with van der Waals surface area (Å²) in [6.07, 6.45) is 3.22. The van der Waals surface area contributed by atoms with Crippen LogP contribution in [0.15, 0.2) is 47.9 Å². The molecule has 1 aromatic carbocycles. The number of thiophene rings is 1. The van der Waals surface area contributed by atoms with Gasteiger partial charge in [0.2, 0.25) is 0 Å². The highest BCUT2D eigenvalue weighted by Gasteiger charge is 2.06. The number of para-hydroxylation sites is 1. The van der Waals surface area contributed by atoms with E-state index >= 15 is 0 Å². The molecule has 0 radical (unpaired) electrons. The molecule has 1 aromatic heterocycles. The van der Waals surface area contributed by atoms with Crippen LogP contribution in [0.5, 0.6) is 5.75 Å². The summed E-state index contributed by atoms with van der Waals surface area (Å²) in [5, 5.41) is 11.4. The summed E-state index contributed by atoms with van der Waals surface area (Å²) in [6.45, 7) is 0. The lowest BCUT2D eigenvalue weighted by Crippen LogP contribution is -1.93. The van der Waals surface area contributed by atoms with Crippen molar-refractivity contribution < 1.29 is 9.90 Å². The zero-order valence-corrected chi connectivity index (χ0v) is 9.28. The summed E-state index contributed by atoms with van der Waals surface area (Å²) in [4.78, 5) is 12.7. The zero-order chi connectivity index (χ0) is 11.4. The summed E-state index contributed by atoms with van der Waals surface area (Å²) in [6, 6.07) is 10.4. The van der Waals surface area contributed by atoms with Crippen LogP contribution in [-0.4, -0.2) is 10.9 Å². The second-order valence-corrected chi connectivity index (χ2v) is 4.21. The number of rotatable bonds is 3. The van der Waals surface area contributed by atoms with E-state index in [0.717, 1.165) is 4.88 Å². The van der Waals surface area contributed by atoms with Gasteiger partial charge in [0.25, 0.3) is 0 Å². The fraction of sp³-hybridized carbons (Fsp3) is 0. The van der Waals surface area contributed by atoms with Gasteiger partial charge >= 0.3 is 0 Å². The minimum atomic E-state index is -0.188. The van der Waals surface area contributed by atoms with E-state index in [1.165, 1.54) is 12.1 Å². The van der Waals surface area contributed by atoms with Crippen LogP contribution in [0.25, 0.3) is 6.08 Å². The van der Waals surface area contributed by atoms with E-state index < -0.39 is 0 Å². The van der Waals surface area contributed by atoms with Crippen molar-refractivity contribution in [3.05, 3.63) is 58.3 Å². The number of phenols is 1. The van der Waals surface area contributed by atoms with Crippen LogP contribution in [-0.2, 0) is 0 Å². The normalized spacial score (nSPS) is 10.8. The lowest BCUT2D eigenvalue weighted by atomic mass is 10.1. The van der Waals surface area contributed by atoms with E-state index in [1.54, 1.807) is 35.6 Å². The molecule has 1 heterocycles. The quantitative estimate of drug-likeness (QED) is 0.648. The van der Waals surface area contributed by atoms with Crippen molar-refractivity contribution in [3.8, 4) is 5.75 Å². The molecule has 0 bridgehead atoms. The van der Waals surface area contributed by atoms with Gasteiger partial charge in [0.15, 0.2) is 5.78 Å². The molecule has 0 saturated heterocycles. The maximum atomic E-state index is 11.7. The van der Waals surface area contributed by atoms with Crippen LogP contribution in [0.4, 0.5) is 0 Å². The van der Waals surface area contributed by atoms with Crippen molar-refractivity contribution in [2.24, 2.45) is 0 Å². The number of benzene rings is 1. The van der Waals surface area contributed by atoms with Gasteiger partial charge in [-0.3, -0.25) is 4.79 Å². The molecule has 2 rings (SSSR count). The number of carbonyl (C=O) groups excluding carboxylic acids is 1. The molecule has 0 unspecified atom stereocenters. The molecule has 0 atom stereocenters. The van der Waals surface area contributed by atoms with Crippen molar-refractivity contribution in [1.29, 1.82) is 0 Å². The Morgan fingerprint density at radius 3 is 2.69 bits per heavy atom. The van der Waals surface area contributed by atoms with Crippen molar-refractivity contribution in [2.75, 3.05) is 0 Å². The Morgan fingerprint density at radius 1 is 1.19 bits per heavy atom. The lowest BCUT2D eigenvalue weighted by Gasteiger charge is -1.98. The van der Waals surface area contributed by atoms with Gasteiger partial charge in [0, 0.05) is 4.88 Å². The van der Waals surface area contributed by atoms with Gasteiger partial charge in [-0.1, -0.05) is 18.2 Å². The predicted octanol–water partition coefficient (Wildman–Crippen LogP) is 3.35. The van der Waals surface area contributed by atoms with Gasteiger partial charge < -0.3 is 5.11 Å².